The molecular formula is C11H14N2O3. The third kappa shape index (κ3) is 1.87. The lowest BCUT2D eigenvalue weighted by molar-refractivity contribution is -0.179. The molecule has 1 aromatic rings. The van der Waals surface area contributed by atoms with Gasteiger partial charge in [-0.25, -0.2) is 0 Å². The molecule has 1 saturated heterocycles. The minimum absolute atomic E-state index is 0.00802. The van der Waals surface area contributed by atoms with Crippen molar-refractivity contribution in [3.63, 3.8) is 0 Å². The highest BCUT2D eigenvalue weighted by Gasteiger charge is 2.33. The molecule has 0 bridgehead atoms. The summed E-state index contributed by atoms with van der Waals surface area (Å²) >= 11 is 0. The minimum atomic E-state index is -0.00802. The van der Waals surface area contributed by atoms with Crippen LogP contribution in [0.5, 0.6) is 0 Å². The molecule has 2 unspecified atom stereocenters. The number of rotatable bonds is 3. The first-order chi connectivity index (χ1) is 7.76. The van der Waals surface area contributed by atoms with Crippen molar-refractivity contribution < 1.29 is 14.7 Å². The van der Waals surface area contributed by atoms with Crippen molar-refractivity contribution in [3.8, 4) is 0 Å². The maximum absolute atomic E-state index is 8.52. The van der Waals surface area contributed by atoms with Crippen molar-refractivity contribution in [2.75, 3.05) is 13.7 Å². The number of oxime groups is 1. The third-order valence-corrected chi connectivity index (χ3v) is 2.72. The molecule has 1 fully saturated rings. The molecule has 1 aromatic carbocycles. The van der Waals surface area contributed by atoms with E-state index >= 15 is 0 Å². The molecule has 0 spiro atoms. The van der Waals surface area contributed by atoms with Gasteiger partial charge in [0.1, 0.15) is 12.2 Å². The molecule has 5 heteroatoms. The summed E-state index contributed by atoms with van der Waals surface area (Å²) in [5.41, 5.74) is 7.18. The molecule has 3 N–H and O–H groups in total. The van der Waals surface area contributed by atoms with Gasteiger partial charge >= 0.3 is 0 Å². The van der Waals surface area contributed by atoms with Crippen LogP contribution in [0.15, 0.2) is 29.4 Å². The van der Waals surface area contributed by atoms with Gasteiger partial charge in [0.15, 0.2) is 5.84 Å². The van der Waals surface area contributed by atoms with Crippen molar-refractivity contribution in [1.82, 2.24) is 0 Å². The zero-order valence-corrected chi connectivity index (χ0v) is 8.96. The van der Waals surface area contributed by atoms with E-state index in [9.17, 15) is 0 Å². The smallest absolute Gasteiger partial charge is 0.170 e. The molecule has 1 aliphatic rings. The predicted octanol–water partition coefficient (Wildman–Crippen LogP) is 0.867. The van der Waals surface area contributed by atoms with Crippen LogP contribution in [0, 0.1) is 0 Å². The Labute approximate surface area is 93.5 Å². The van der Waals surface area contributed by atoms with Gasteiger partial charge in [0, 0.05) is 12.7 Å². The summed E-state index contributed by atoms with van der Waals surface area (Å²) < 4.78 is 10.6. The van der Waals surface area contributed by atoms with Crippen molar-refractivity contribution in [1.29, 1.82) is 0 Å². The zero-order valence-electron chi connectivity index (χ0n) is 8.96. The number of hydrogen-bond acceptors (Lipinski definition) is 4. The average Bonchev–Trinajstić information content (AvgIpc) is 2.28. The Morgan fingerprint density at radius 2 is 2.19 bits per heavy atom. The van der Waals surface area contributed by atoms with E-state index < -0.39 is 0 Å². The Morgan fingerprint density at radius 1 is 1.50 bits per heavy atom. The Bertz CT molecular complexity index is 387. The van der Waals surface area contributed by atoms with Crippen molar-refractivity contribution >= 4 is 5.84 Å². The average molecular weight is 222 g/mol. The highest BCUT2D eigenvalue weighted by molar-refractivity contribution is 5.96. The molecule has 2 atom stereocenters. The molecule has 0 amide bonds. The van der Waals surface area contributed by atoms with Gasteiger partial charge < -0.3 is 20.4 Å². The van der Waals surface area contributed by atoms with E-state index in [0.29, 0.717) is 12.2 Å². The summed E-state index contributed by atoms with van der Waals surface area (Å²) in [4.78, 5) is 0. The minimum Gasteiger partial charge on any atom is -0.409 e. The summed E-state index contributed by atoms with van der Waals surface area (Å²) in [6, 6.07) is 7.37. The molecule has 1 heterocycles. The SMILES string of the molecule is COC1COC1c1ccc(C(N)=NO)cc1. The predicted molar refractivity (Wildman–Crippen MR) is 58.4 cm³/mol. The first kappa shape index (κ1) is 10.9. The number of nitrogens with two attached hydrogens (primary N) is 1. The quantitative estimate of drug-likeness (QED) is 0.344. The van der Waals surface area contributed by atoms with E-state index in [2.05, 4.69) is 5.16 Å². The van der Waals surface area contributed by atoms with Crippen molar-refractivity contribution in [3.05, 3.63) is 35.4 Å². The summed E-state index contributed by atoms with van der Waals surface area (Å²) in [6.07, 6.45) is 0.112. The van der Waals surface area contributed by atoms with Crippen molar-refractivity contribution in [2.24, 2.45) is 10.9 Å². The van der Waals surface area contributed by atoms with E-state index in [0.717, 1.165) is 5.56 Å². The monoisotopic (exact) mass is 222 g/mol. The fraction of sp³-hybridized carbons (Fsp3) is 0.364. The molecule has 0 radical (unpaired) electrons. The maximum atomic E-state index is 8.52. The number of benzene rings is 1. The van der Waals surface area contributed by atoms with E-state index in [1.165, 1.54) is 0 Å². The molecule has 86 valence electrons. The Kier molecular flexibility index (Phi) is 3.07. The number of methoxy groups -OCH3 is 1. The first-order valence-electron chi connectivity index (χ1n) is 4.98. The second kappa shape index (κ2) is 4.51. The van der Waals surface area contributed by atoms with Crippen LogP contribution >= 0.6 is 0 Å². The zero-order chi connectivity index (χ0) is 11.5. The lowest BCUT2D eigenvalue weighted by Crippen LogP contribution is -2.39. The van der Waals surface area contributed by atoms with Crippen LogP contribution in [0.25, 0.3) is 0 Å². The van der Waals surface area contributed by atoms with Gasteiger partial charge in [0.25, 0.3) is 0 Å². The maximum Gasteiger partial charge on any atom is 0.170 e. The molecule has 5 nitrogen and oxygen atoms in total. The highest BCUT2D eigenvalue weighted by atomic mass is 16.6. The topological polar surface area (TPSA) is 77.1 Å². The van der Waals surface area contributed by atoms with Gasteiger partial charge in [-0.3, -0.25) is 0 Å². The summed E-state index contributed by atoms with van der Waals surface area (Å²) in [7, 11) is 1.67. The van der Waals surface area contributed by atoms with Gasteiger partial charge in [0.05, 0.1) is 6.61 Å². The summed E-state index contributed by atoms with van der Waals surface area (Å²) in [5, 5.41) is 11.5. The molecule has 2 rings (SSSR count). The fourth-order valence-corrected chi connectivity index (χ4v) is 1.67. The molecule has 0 saturated carbocycles. The Balaban J connectivity index is 2.13. The second-order valence-corrected chi connectivity index (χ2v) is 3.64. The van der Waals surface area contributed by atoms with Gasteiger partial charge in [-0.05, 0) is 5.56 Å². The highest BCUT2D eigenvalue weighted by Crippen LogP contribution is 2.31. The molecule has 0 aromatic heterocycles. The Morgan fingerprint density at radius 3 is 2.62 bits per heavy atom. The van der Waals surface area contributed by atoms with Crippen LogP contribution in [-0.2, 0) is 9.47 Å². The number of amidine groups is 1. The second-order valence-electron chi connectivity index (χ2n) is 3.64. The number of ether oxygens (including phenoxy) is 2. The van der Waals surface area contributed by atoms with Gasteiger partial charge in [0.2, 0.25) is 0 Å². The van der Waals surface area contributed by atoms with E-state index in [1.807, 2.05) is 12.1 Å². The number of hydrogen-bond donors (Lipinski definition) is 2. The Hall–Kier alpha value is -1.59. The molecule has 0 aliphatic carbocycles. The lowest BCUT2D eigenvalue weighted by atomic mass is 9.99. The van der Waals surface area contributed by atoms with Gasteiger partial charge in [-0.1, -0.05) is 29.4 Å². The molecule has 1 aliphatic heterocycles. The van der Waals surface area contributed by atoms with Crippen LogP contribution in [0.4, 0.5) is 0 Å². The van der Waals surface area contributed by atoms with Crippen LogP contribution in [0.2, 0.25) is 0 Å². The standard InChI is InChI=1S/C11H14N2O3/c1-15-9-6-16-10(9)7-2-4-8(5-3-7)11(12)13-14/h2-5,9-10,14H,6H2,1H3,(H2,12,13). The largest absolute Gasteiger partial charge is 0.409 e. The van der Waals surface area contributed by atoms with Gasteiger partial charge in [-0.15, -0.1) is 0 Å². The van der Waals surface area contributed by atoms with E-state index in [4.69, 9.17) is 20.4 Å². The van der Waals surface area contributed by atoms with Gasteiger partial charge in [-0.2, -0.15) is 0 Å². The van der Waals surface area contributed by atoms with Crippen molar-refractivity contribution in [2.45, 2.75) is 12.2 Å². The fourth-order valence-electron chi connectivity index (χ4n) is 1.67. The summed E-state index contributed by atoms with van der Waals surface area (Å²) in [6.45, 7) is 0.628. The molecular weight excluding hydrogens is 208 g/mol. The summed E-state index contributed by atoms with van der Waals surface area (Å²) in [5.74, 6) is 0.101. The van der Waals surface area contributed by atoms with Crippen LogP contribution in [0.3, 0.4) is 0 Å². The lowest BCUT2D eigenvalue weighted by Gasteiger charge is -2.35. The van der Waals surface area contributed by atoms with E-state index in [-0.39, 0.29) is 18.0 Å². The van der Waals surface area contributed by atoms with Crippen LogP contribution < -0.4 is 5.73 Å². The normalized spacial score (nSPS) is 25.2. The third-order valence-electron chi connectivity index (χ3n) is 2.72. The number of nitrogens with zero attached hydrogens (tertiary/aromatic N) is 1. The van der Waals surface area contributed by atoms with E-state index in [1.54, 1.807) is 19.2 Å². The first-order valence-corrected chi connectivity index (χ1v) is 4.98. The van der Waals surface area contributed by atoms with Crippen LogP contribution in [0.1, 0.15) is 17.2 Å². The van der Waals surface area contributed by atoms with Crippen LogP contribution in [-0.4, -0.2) is 30.9 Å². The molecule has 16 heavy (non-hydrogen) atoms.